The molecule has 2 atom stereocenters. The van der Waals surface area contributed by atoms with Gasteiger partial charge in [-0.1, -0.05) is 55.8 Å². The lowest BCUT2D eigenvalue weighted by molar-refractivity contribution is -0.118. The first-order valence-corrected chi connectivity index (χ1v) is 10.3. The normalized spacial score (nSPS) is 17.9. The first-order chi connectivity index (χ1) is 14.5. The maximum atomic E-state index is 12.1. The Balaban J connectivity index is 1.75. The maximum absolute atomic E-state index is 12.1. The van der Waals surface area contributed by atoms with E-state index in [2.05, 4.69) is 20.7 Å². The minimum Gasteiger partial charge on any atom is -0.496 e. The van der Waals surface area contributed by atoms with Crippen LogP contribution in [0.2, 0.25) is 5.02 Å². The molecule has 8 heteroatoms. The average Bonchev–Trinajstić information content (AvgIpc) is 3.15. The van der Waals surface area contributed by atoms with E-state index >= 15 is 0 Å². The third-order valence-electron chi connectivity index (χ3n) is 5.22. The fourth-order valence-electron chi connectivity index (χ4n) is 3.60. The average molecular weight is 426 g/mol. The number of methoxy groups -OCH3 is 1. The predicted octanol–water partition coefficient (Wildman–Crippen LogP) is 4.68. The van der Waals surface area contributed by atoms with Crippen LogP contribution in [0.15, 0.2) is 48.5 Å². The topological polar surface area (TPSA) is 81.1 Å². The molecule has 7 nitrogen and oxygen atoms in total. The van der Waals surface area contributed by atoms with Crippen LogP contribution in [-0.4, -0.2) is 27.8 Å². The summed E-state index contributed by atoms with van der Waals surface area (Å²) in [5.74, 6) is 1.38. The number of ether oxygens (including phenoxy) is 1. The molecule has 2 aromatic carbocycles. The van der Waals surface area contributed by atoms with Crippen LogP contribution in [-0.2, 0) is 4.79 Å². The highest BCUT2D eigenvalue weighted by molar-refractivity contribution is 6.30. The number of nitrogens with zero attached hydrogens (tertiary/aromatic N) is 3. The summed E-state index contributed by atoms with van der Waals surface area (Å²) < 4.78 is 7.42. The van der Waals surface area contributed by atoms with Crippen LogP contribution >= 0.6 is 11.6 Å². The number of para-hydroxylation sites is 1. The van der Waals surface area contributed by atoms with Crippen molar-refractivity contribution < 1.29 is 9.53 Å². The van der Waals surface area contributed by atoms with Gasteiger partial charge in [0.15, 0.2) is 0 Å². The molecule has 0 fully saturated rings. The summed E-state index contributed by atoms with van der Waals surface area (Å²) in [6, 6.07) is 15.6. The molecule has 0 unspecified atom stereocenters. The molecule has 0 radical (unpaired) electrons. The van der Waals surface area contributed by atoms with E-state index in [0.717, 1.165) is 23.3 Å². The van der Waals surface area contributed by atoms with E-state index in [1.54, 1.807) is 7.11 Å². The zero-order chi connectivity index (χ0) is 21.3. The van der Waals surface area contributed by atoms with E-state index < -0.39 is 0 Å². The molecule has 0 bridgehead atoms. The molecule has 0 saturated carbocycles. The molecule has 0 spiro atoms. The van der Waals surface area contributed by atoms with Crippen molar-refractivity contribution in [3.63, 3.8) is 0 Å². The Kier molecular flexibility index (Phi) is 5.63. The molecular weight excluding hydrogens is 402 g/mol. The number of anilines is 2. The van der Waals surface area contributed by atoms with Gasteiger partial charge in [0.25, 0.3) is 5.95 Å². The van der Waals surface area contributed by atoms with Gasteiger partial charge in [0, 0.05) is 16.5 Å². The van der Waals surface area contributed by atoms with Crippen molar-refractivity contribution in [2.24, 2.45) is 5.92 Å². The van der Waals surface area contributed by atoms with E-state index in [0.29, 0.717) is 11.0 Å². The van der Waals surface area contributed by atoms with Gasteiger partial charge in [-0.15, -0.1) is 5.10 Å². The lowest BCUT2D eigenvalue weighted by Gasteiger charge is -2.32. The summed E-state index contributed by atoms with van der Waals surface area (Å²) in [5.41, 5.74) is 2.11. The zero-order valence-electron chi connectivity index (χ0n) is 17.1. The fraction of sp³-hybridized carbons (Fsp3) is 0.318. The summed E-state index contributed by atoms with van der Waals surface area (Å²) in [6.45, 7) is 3.66. The van der Waals surface area contributed by atoms with E-state index in [1.165, 1.54) is 0 Å². The molecule has 4 rings (SSSR count). The quantitative estimate of drug-likeness (QED) is 0.620. The van der Waals surface area contributed by atoms with Crippen molar-refractivity contribution in [1.29, 1.82) is 0 Å². The van der Waals surface area contributed by atoms with E-state index in [4.69, 9.17) is 16.3 Å². The summed E-state index contributed by atoms with van der Waals surface area (Å²) in [6.07, 6.45) is 0.732. The van der Waals surface area contributed by atoms with Gasteiger partial charge in [-0.3, -0.25) is 10.1 Å². The highest BCUT2D eigenvalue weighted by Crippen LogP contribution is 2.41. The SMILES string of the molecule is COc1ccccc1[C@@H]1C[C@H](c2ccc(Cl)cc2)Nc2nc(NC(=O)C(C)C)nn21. The minimum absolute atomic E-state index is 0.00234. The summed E-state index contributed by atoms with van der Waals surface area (Å²) in [4.78, 5) is 16.7. The van der Waals surface area contributed by atoms with Crippen LogP contribution in [0.4, 0.5) is 11.9 Å². The number of benzene rings is 2. The van der Waals surface area contributed by atoms with Crippen molar-refractivity contribution in [3.8, 4) is 5.75 Å². The number of halogens is 1. The van der Waals surface area contributed by atoms with Crippen molar-refractivity contribution in [2.45, 2.75) is 32.4 Å². The zero-order valence-corrected chi connectivity index (χ0v) is 17.8. The third-order valence-corrected chi connectivity index (χ3v) is 5.47. The first-order valence-electron chi connectivity index (χ1n) is 9.88. The number of nitrogens with one attached hydrogen (secondary N) is 2. The van der Waals surface area contributed by atoms with Crippen molar-refractivity contribution in [2.75, 3.05) is 17.7 Å². The molecule has 1 aliphatic rings. The van der Waals surface area contributed by atoms with Gasteiger partial charge in [0.2, 0.25) is 11.9 Å². The molecule has 156 valence electrons. The van der Waals surface area contributed by atoms with Crippen LogP contribution in [0, 0.1) is 5.92 Å². The van der Waals surface area contributed by atoms with Crippen LogP contribution in [0.5, 0.6) is 5.75 Å². The largest absolute Gasteiger partial charge is 0.496 e. The number of carbonyl (C=O) groups is 1. The number of rotatable bonds is 5. The molecule has 1 aromatic heterocycles. The van der Waals surface area contributed by atoms with Gasteiger partial charge in [-0.05, 0) is 30.2 Å². The van der Waals surface area contributed by atoms with Gasteiger partial charge in [0.1, 0.15) is 5.75 Å². The van der Waals surface area contributed by atoms with E-state index in [9.17, 15) is 4.79 Å². The van der Waals surface area contributed by atoms with Crippen molar-refractivity contribution in [1.82, 2.24) is 14.8 Å². The second-order valence-electron chi connectivity index (χ2n) is 7.59. The molecule has 1 aliphatic heterocycles. The summed E-state index contributed by atoms with van der Waals surface area (Å²) in [7, 11) is 1.66. The number of carbonyl (C=O) groups excluding carboxylic acids is 1. The highest BCUT2D eigenvalue weighted by Gasteiger charge is 2.33. The molecule has 0 saturated heterocycles. The Morgan fingerprint density at radius 3 is 2.67 bits per heavy atom. The standard InChI is InChI=1S/C22H24ClN5O2/c1-13(2)20(29)25-21-26-22-24-17(14-8-10-15(23)11-9-14)12-18(28(22)27-21)16-6-4-5-7-19(16)30-3/h4-11,13,17-18H,12H2,1-3H3,(H2,24,25,26,27,29)/t17-,18+/m1/s1. The number of aromatic nitrogens is 3. The molecule has 2 N–H and O–H groups in total. The number of hydrogen-bond acceptors (Lipinski definition) is 5. The Bertz CT molecular complexity index is 1050. The molecule has 2 heterocycles. The molecule has 3 aromatic rings. The summed E-state index contributed by atoms with van der Waals surface area (Å²) in [5, 5.41) is 11.5. The van der Waals surface area contributed by atoms with Gasteiger partial charge in [-0.25, -0.2) is 4.68 Å². The minimum atomic E-state index is -0.162. The van der Waals surface area contributed by atoms with Gasteiger partial charge >= 0.3 is 0 Å². The molecule has 1 amide bonds. The van der Waals surface area contributed by atoms with Crippen LogP contribution in [0.1, 0.15) is 43.5 Å². The Morgan fingerprint density at radius 2 is 1.97 bits per heavy atom. The lowest BCUT2D eigenvalue weighted by Crippen LogP contribution is -2.28. The number of fused-ring (bicyclic) bond motifs is 1. The van der Waals surface area contributed by atoms with Gasteiger partial charge in [-0.2, -0.15) is 4.98 Å². The Labute approximate surface area is 180 Å². The van der Waals surface area contributed by atoms with E-state index in [1.807, 2.05) is 67.1 Å². The van der Waals surface area contributed by atoms with Gasteiger partial charge < -0.3 is 10.1 Å². The second-order valence-corrected chi connectivity index (χ2v) is 8.03. The first kappa shape index (κ1) is 20.2. The number of hydrogen-bond donors (Lipinski definition) is 2. The lowest BCUT2D eigenvalue weighted by atomic mass is 9.93. The Hall–Kier alpha value is -3.06. The third kappa shape index (κ3) is 3.98. The van der Waals surface area contributed by atoms with Crippen LogP contribution in [0.25, 0.3) is 0 Å². The maximum Gasteiger partial charge on any atom is 0.250 e. The number of amides is 1. The van der Waals surface area contributed by atoms with E-state index in [-0.39, 0.29) is 29.9 Å². The van der Waals surface area contributed by atoms with Crippen LogP contribution < -0.4 is 15.4 Å². The predicted molar refractivity (Wildman–Crippen MR) is 117 cm³/mol. The molecule has 0 aliphatic carbocycles. The monoisotopic (exact) mass is 425 g/mol. The Morgan fingerprint density at radius 1 is 1.23 bits per heavy atom. The second kappa shape index (κ2) is 8.36. The summed E-state index contributed by atoms with van der Waals surface area (Å²) >= 11 is 6.07. The van der Waals surface area contributed by atoms with Crippen LogP contribution in [0.3, 0.4) is 0 Å². The fourth-order valence-corrected chi connectivity index (χ4v) is 3.73. The van der Waals surface area contributed by atoms with Crippen molar-refractivity contribution >= 4 is 29.4 Å². The van der Waals surface area contributed by atoms with Crippen molar-refractivity contribution in [3.05, 3.63) is 64.7 Å². The molecule has 30 heavy (non-hydrogen) atoms. The highest BCUT2D eigenvalue weighted by atomic mass is 35.5. The smallest absolute Gasteiger partial charge is 0.250 e. The molecular formula is C22H24ClN5O2. The van der Waals surface area contributed by atoms with Gasteiger partial charge in [0.05, 0.1) is 19.2 Å².